The largest absolute Gasteiger partial charge is 0.476 e. The zero-order valence-corrected chi connectivity index (χ0v) is 11.1. The molecule has 6 nitrogen and oxygen atoms in total. The van der Waals surface area contributed by atoms with Crippen molar-refractivity contribution in [2.45, 2.75) is 13.0 Å². The van der Waals surface area contributed by atoms with E-state index in [1.807, 2.05) is 0 Å². The molecule has 1 atom stereocenters. The summed E-state index contributed by atoms with van der Waals surface area (Å²) in [6.45, 7) is 1.68. The molecule has 0 saturated carbocycles. The quantitative estimate of drug-likeness (QED) is 0.840. The Kier molecular flexibility index (Phi) is 4.04. The average molecular weight is 295 g/mol. The summed E-state index contributed by atoms with van der Waals surface area (Å²) in [4.78, 5) is 29.9. The van der Waals surface area contributed by atoms with Gasteiger partial charge in [0.15, 0.2) is 5.69 Å². The predicted octanol–water partition coefficient (Wildman–Crippen LogP) is 1.87. The second-order valence-corrected chi connectivity index (χ2v) is 4.83. The molecule has 0 spiro atoms. The number of amides is 1. The first-order chi connectivity index (χ1) is 9.47. The molecule has 0 aliphatic rings. The van der Waals surface area contributed by atoms with Crippen LogP contribution in [0.25, 0.3) is 0 Å². The zero-order valence-electron chi connectivity index (χ0n) is 10.3. The van der Waals surface area contributed by atoms with Gasteiger partial charge in [-0.2, -0.15) is 4.39 Å². The number of hydrogen-bond acceptors (Lipinski definition) is 5. The zero-order chi connectivity index (χ0) is 14.7. The molecule has 0 radical (unpaired) electrons. The lowest BCUT2D eigenvalue weighted by atomic mass is 10.2. The molecule has 20 heavy (non-hydrogen) atoms. The van der Waals surface area contributed by atoms with Crippen LogP contribution in [-0.4, -0.2) is 27.0 Å². The van der Waals surface area contributed by atoms with Crippen molar-refractivity contribution >= 4 is 23.2 Å². The summed E-state index contributed by atoms with van der Waals surface area (Å²) in [5.74, 6) is -2.22. The van der Waals surface area contributed by atoms with E-state index in [9.17, 15) is 14.0 Å². The fourth-order valence-electron chi connectivity index (χ4n) is 1.44. The molecule has 0 fully saturated rings. The van der Waals surface area contributed by atoms with Crippen LogP contribution in [0.2, 0.25) is 0 Å². The molecule has 2 N–H and O–H groups in total. The molecule has 2 heterocycles. The fourth-order valence-corrected chi connectivity index (χ4v) is 2.24. The van der Waals surface area contributed by atoms with Crippen LogP contribution < -0.4 is 5.32 Å². The van der Waals surface area contributed by atoms with E-state index in [-0.39, 0.29) is 11.3 Å². The van der Waals surface area contributed by atoms with Crippen LogP contribution in [0.5, 0.6) is 0 Å². The Balaban J connectivity index is 2.06. The number of aromatic carboxylic acids is 1. The maximum Gasteiger partial charge on any atom is 0.355 e. The summed E-state index contributed by atoms with van der Waals surface area (Å²) in [6.07, 6.45) is 1.13. The van der Waals surface area contributed by atoms with E-state index < -0.39 is 23.9 Å². The van der Waals surface area contributed by atoms with Gasteiger partial charge >= 0.3 is 5.97 Å². The number of aromatic nitrogens is 2. The standard InChI is InChI=1S/C12H10FN3O3S/c1-6(11-16-8(5-20-11)12(18)19)15-10(17)7-2-3-9(13)14-4-7/h2-6H,1H3,(H,15,17)(H,18,19). The first-order valence-corrected chi connectivity index (χ1v) is 6.46. The van der Waals surface area contributed by atoms with Crippen LogP contribution in [-0.2, 0) is 0 Å². The Bertz CT molecular complexity index is 642. The first kappa shape index (κ1) is 14.1. The van der Waals surface area contributed by atoms with Gasteiger partial charge in [-0.3, -0.25) is 4.79 Å². The number of halogens is 1. The third kappa shape index (κ3) is 3.15. The number of rotatable bonds is 4. The Morgan fingerprint density at radius 3 is 2.75 bits per heavy atom. The van der Waals surface area contributed by atoms with Crippen LogP contribution in [0.4, 0.5) is 4.39 Å². The van der Waals surface area contributed by atoms with E-state index in [2.05, 4.69) is 15.3 Å². The molecule has 2 aromatic heterocycles. The van der Waals surface area contributed by atoms with Gasteiger partial charge in [0, 0.05) is 11.6 Å². The monoisotopic (exact) mass is 295 g/mol. The molecule has 0 saturated heterocycles. The number of carboxylic acid groups (broad SMARTS) is 1. The third-order valence-electron chi connectivity index (χ3n) is 2.45. The van der Waals surface area contributed by atoms with Gasteiger partial charge in [-0.1, -0.05) is 0 Å². The molecule has 2 aromatic rings. The molecule has 104 valence electrons. The Labute approximate surface area is 117 Å². The van der Waals surface area contributed by atoms with E-state index in [4.69, 9.17) is 5.11 Å². The SMILES string of the molecule is CC(NC(=O)c1ccc(F)nc1)c1nc(C(=O)O)cs1. The molecular formula is C12H10FN3O3S. The summed E-state index contributed by atoms with van der Waals surface area (Å²) < 4.78 is 12.6. The van der Waals surface area contributed by atoms with Gasteiger partial charge in [0.1, 0.15) is 5.01 Å². The van der Waals surface area contributed by atoms with Crippen molar-refractivity contribution in [1.82, 2.24) is 15.3 Å². The van der Waals surface area contributed by atoms with E-state index in [1.165, 1.54) is 11.4 Å². The summed E-state index contributed by atoms with van der Waals surface area (Å²) in [5, 5.41) is 13.3. The topological polar surface area (TPSA) is 92.2 Å². The van der Waals surface area contributed by atoms with Gasteiger partial charge in [0.05, 0.1) is 11.6 Å². The number of carboxylic acids is 1. The van der Waals surface area contributed by atoms with Crippen LogP contribution in [0.3, 0.4) is 0 Å². The molecule has 0 aliphatic carbocycles. The first-order valence-electron chi connectivity index (χ1n) is 5.58. The third-order valence-corrected chi connectivity index (χ3v) is 3.48. The van der Waals surface area contributed by atoms with Gasteiger partial charge in [0.2, 0.25) is 5.95 Å². The van der Waals surface area contributed by atoms with Gasteiger partial charge < -0.3 is 10.4 Å². The number of nitrogens with one attached hydrogen (secondary N) is 1. The number of thiazole rings is 1. The van der Waals surface area contributed by atoms with Crippen molar-refractivity contribution in [3.8, 4) is 0 Å². The van der Waals surface area contributed by atoms with Crippen LogP contribution in [0, 0.1) is 5.95 Å². The number of carbonyl (C=O) groups is 2. The smallest absolute Gasteiger partial charge is 0.355 e. The highest BCUT2D eigenvalue weighted by atomic mass is 32.1. The lowest BCUT2D eigenvalue weighted by molar-refractivity contribution is 0.0691. The molecule has 1 unspecified atom stereocenters. The van der Waals surface area contributed by atoms with Crippen molar-refractivity contribution < 1.29 is 19.1 Å². The highest BCUT2D eigenvalue weighted by molar-refractivity contribution is 7.09. The van der Waals surface area contributed by atoms with E-state index in [0.717, 1.165) is 23.6 Å². The minimum absolute atomic E-state index is 0.0606. The summed E-state index contributed by atoms with van der Waals surface area (Å²) in [7, 11) is 0. The Morgan fingerprint density at radius 2 is 2.20 bits per heavy atom. The van der Waals surface area contributed by atoms with Crippen LogP contribution >= 0.6 is 11.3 Å². The maximum atomic E-state index is 12.6. The van der Waals surface area contributed by atoms with Crippen LogP contribution in [0.15, 0.2) is 23.7 Å². The minimum atomic E-state index is -1.12. The van der Waals surface area contributed by atoms with Crippen molar-refractivity contribution in [2.75, 3.05) is 0 Å². The molecule has 1 amide bonds. The second-order valence-electron chi connectivity index (χ2n) is 3.94. The van der Waals surface area contributed by atoms with Crippen molar-refractivity contribution in [3.05, 3.63) is 45.9 Å². The number of nitrogens with zero attached hydrogens (tertiary/aromatic N) is 2. The molecule has 8 heteroatoms. The number of hydrogen-bond donors (Lipinski definition) is 2. The van der Waals surface area contributed by atoms with Crippen molar-refractivity contribution in [1.29, 1.82) is 0 Å². The Morgan fingerprint density at radius 1 is 1.45 bits per heavy atom. The normalized spacial score (nSPS) is 11.9. The average Bonchev–Trinajstić information content (AvgIpc) is 2.89. The second kappa shape index (κ2) is 5.74. The lowest BCUT2D eigenvalue weighted by Crippen LogP contribution is -2.26. The summed E-state index contributed by atoms with van der Waals surface area (Å²) >= 11 is 1.14. The van der Waals surface area contributed by atoms with E-state index in [1.54, 1.807) is 6.92 Å². The molecular weight excluding hydrogens is 285 g/mol. The Hall–Kier alpha value is -2.35. The highest BCUT2D eigenvalue weighted by Gasteiger charge is 2.16. The summed E-state index contributed by atoms with van der Waals surface area (Å²) in [5.41, 5.74) is 0.155. The minimum Gasteiger partial charge on any atom is -0.476 e. The van der Waals surface area contributed by atoms with Gasteiger partial charge in [-0.05, 0) is 19.1 Å². The van der Waals surface area contributed by atoms with Gasteiger partial charge in [0.25, 0.3) is 5.91 Å². The lowest BCUT2D eigenvalue weighted by Gasteiger charge is -2.10. The van der Waals surface area contributed by atoms with Crippen LogP contribution in [0.1, 0.15) is 38.8 Å². The number of pyridine rings is 1. The molecule has 0 aromatic carbocycles. The predicted molar refractivity (Wildman–Crippen MR) is 69.1 cm³/mol. The molecule has 0 bridgehead atoms. The maximum absolute atomic E-state index is 12.6. The van der Waals surface area contributed by atoms with Crippen molar-refractivity contribution in [3.63, 3.8) is 0 Å². The summed E-state index contributed by atoms with van der Waals surface area (Å²) in [6, 6.07) is 1.95. The number of carbonyl (C=O) groups excluding carboxylic acids is 1. The van der Waals surface area contributed by atoms with E-state index >= 15 is 0 Å². The molecule has 2 rings (SSSR count). The highest BCUT2D eigenvalue weighted by Crippen LogP contribution is 2.18. The van der Waals surface area contributed by atoms with Crippen molar-refractivity contribution in [2.24, 2.45) is 0 Å². The fraction of sp³-hybridized carbons (Fsp3) is 0.167. The van der Waals surface area contributed by atoms with E-state index in [0.29, 0.717) is 5.01 Å². The molecule has 0 aliphatic heterocycles. The van der Waals surface area contributed by atoms with Gasteiger partial charge in [-0.25, -0.2) is 14.8 Å². The van der Waals surface area contributed by atoms with Gasteiger partial charge in [-0.15, -0.1) is 11.3 Å².